The highest BCUT2D eigenvalue weighted by atomic mass is 35.5. The molecule has 20 heavy (non-hydrogen) atoms. The van der Waals surface area contributed by atoms with E-state index in [1.807, 2.05) is 6.92 Å². The third-order valence-electron chi connectivity index (χ3n) is 2.53. The molecule has 0 aliphatic heterocycles. The number of hydrogen-bond acceptors (Lipinski definition) is 3. The first kappa shape index (κ1) is 15.1. The Labute approximate surface area is 130 Å². The van der Waals surface area contributed by atoms with Gasteiger partial charge in [0.2, 0.25) is 0 Å². The summed E-state index contributed by atoms with van der Waals surface area (Å²) in [4.78, 5) is 15.0. The van der Waals surface area contributed by atoms with Crippen molar-refractivity contribution >= 4 is 40.8 Å². The van der Waals surface area contributed by atoms with Crippen LogP contribution in [0.25, 0.3) is 5.69 Å². The number of rotatable bonds is 4. The summed E-state index contributed by atoms with van der Waals surface area (Å²) < 4.78 is 1.36. The molecule has 8 heteroatoms. The van der Waals surface area contributed by atoms with Crippen LogP contribution in [0.4, 0.5) is 0 Å². The second-order valence-corrected chi connectivity index (χ2v) is 5.29. The van der Waals surface area contributed by atoms with Crippen molar-refractivity contribution in [2.75, 3.05) is 0 Å². The molecule has 0 fully saturated rings. The maximum atomic E-state index is 11.0. The molecular formula is C12H10Cl3N3O2. The number of aryl methyl sites for hydroxylation is 1. The molecular weight excluding hydrogens is 325 g/mol. The van der Waals surface area contributed by atoms with Crippen molar-refractivity contribution in [2.45, 2.75) is 19.8 Å². The highest BCUT2D eigenvalue weighted by Crippen LogP contribution is 2.32. The zero-order chi connectivity index (χ0) is 14.9. The van der Waals surface area contributed by atoms with Gasteiger partial charge in [0, 0.05) is 11.4 Å². The monoisotopic (exact) mass is 333 g/mol. The van der Waals surface area contributed by atoms with Crippen LogP contribution in [0.2, 0.25) is 15.1 Å². The van der Waals surface area contributed by atoms with Gasteiger partial charge in [-0.15, -0.1) is 5.10 Å². The summed E-state index contributed by atoms with van der Waals surface area (Å²) in [5.41, 5.74) is 0.376. The van der Waals surface area contributed by atoms with Crippen LogP contribution in [0.5, 0.6) is 0 Å². The molecule has 2 aromatic rings. The molecule has 106 valence electrons. The molecule has 0 aliphatic carbocycles. The van der Waals surface area contributed by atoms with E-state index >= 15 is 0 Å². The number of aromatic carboxylic acids is 1. The van der Waals surface area contributed by atoms with E-state index in [4.69, 9.17) is 39.9 Å². The van der Waals surface area contributed by atoms with Gasteiger partial charge in [0.1, 0.15) is 11.5 Å². The van der Waals surface area contributed by atoms with Gasteiger partial charge in [-0.05, 0) is 18.6 Å². The fourth-order valence-corrected chi connectivity index (χ4v) is 2.71. The van der Waals surface area contributed by atoms with Crippen molar-refractivity contribution in [2.24, 2.45) is 0 Å². The molecule has 0 radical (unpaired) electrons. The minimum atomic E-state index is -1.21. The summed E-state index contributed by atoms with van der Waals surface area (Å²) in [5.74, 6) is -1.02. The molecule has 1 aromatic heterocycles. The molecule has 1 aromatic carbocycles. The van der Waals surface area contributed by atoms with E-state index in [0.29, 0.717) is 23.0 Å². The van der Waals surface area contributed by atoms with Gasteiger partial charge in [-0.25, -0.2) is 14.5 Å². The lowest BCUT2D eigenvalue weighted by molar-refractivity contribution is 0.0683. The summed E-state index contributed by atoms with van der Waals surface area (Å²) in [6, 6.07) is 3.03. The summed E-state index contributed by atoms with van der Waals surface area (Å²) in [5, 5.41) is 13.9. The lowest BCUT2D eigenvalue weighted by Crippen LogP contribution is -2.05. The molecule has 0 saturated heterocycles. The van der Waals surface area contributed by atoms with Crippen LogP contribution in [-0.2, 0) is 6.42 Å². The standard InChI is InChI=1S/C12H10Cl3N3O2/c1-2-3-9-16-11(12(19)20)17-18(9)10-7(14)4-6(13)5-8(10)15/h4-5H,2-3H2,1H3,(H,19,20). The fraction of sp³-hybridized carbons (Fsp3) is 0.250. The highest BCUT2D eigenvalue weighted by molar-refractivity contribution is 6.40. The Morgan fingerprint density at radius 3 is 2.40 bits per heavy atom. The molecule has 0 bridgehead atoms. The Morgan fingerprint density at radius 1 is 1.30 bits per heavy atom. The van der Waals surface area contributed by atoms with Crippen LogP contribution in [-0.4, -0.2) is 25.8 Å². The second kappa shape index (κ2) is 5.99. The van der Waals surface area contributed by atoms with Crippen molar-refractivity contribution in [1.82, 2.24) is 14.8 Å². The molecule has 2 rings (SSSR count). The summed E-state index contributed by atoms with van der Waals surface area (Å²) in [6.45, 7) is 1.95. The van der Waals surface area contributed by atoms with Gasteiger partial charge in [-0.3, -0.25) is 0 Å². The van der Waals surface area contributed by atoms with E-state index in [1.54, 1.807) is 0 Å². The third kappa shape index (κ3) is 2.90. The van der Waals surface area contributed by atoms with Crippen LogP contribution in [0, 0.1) is 0 Å². The van der Waals surface area contributed by atoms with Gasteiger partial charge < -0.3 is 5.11 Å². The first-order valence-corrected chi connectivity index (χ1v) is 6.91. The summed E-state index contributed by atoms with van der Waals surface area (Å²) >= 11 is 18.1. The first-order valence-electron chi connectivity index (χ1n) is 5.78. The smallest absolute Gasteiger partial charge is 0.375 e. The molecule has 0 spiro atoms. The zero-order valence-corrected chi connectivity index (χ0v) is 12.7. The topological polar surface area (TPSA) is 68.0 Å². The molecule has 1 heterocycles. The minimum Gasteiger partial charge on any atom is -0.475 e. The molecule has 0 amide bonds. The van der Waals surface area contributed by atoms with E-state index in [0.717, 1.165) is 6.42 Å². The highest BCUT2D eigenvalue weighted by Gasteiger charge is 2.20. The first-order chi connectivity index (χ1) is 9.43. The fourth-order valence-electron chi connectivity index (χ4n) is 1.74. The van der Waals surface area contributed by atoms with E-state index in [9.17, 15) is 4.79 Å². The number of carboxylic acid groups (broad SMARTS) is 1. The van der Waals surface area contributed by atoms with Gasteiger partial charge in [-0.2, -0.15) is 0 Å². The molecule has 1 N–H and O–H groups in total. The van der Waals surface area contributed by atoms with Gasteiger partial charge in [0.25, 0.3) is 5.82 Å². The average molecular weight is 335 g/mol. The number of hydrogen-bond donors (Lipinski definition) is 1. The summed E-state index contributed by atoms with van der Waals surface area (Å²) in [6.07, 6.45) is 1.33. The number of benzene rings is 1. The quantitative estimate of drug-likeness (QED) is 0.921. The number of halogens is 3. The van der Waals surface area contributed by atoms with Crippen molar-refractivity contribution in [1.29, 1.82) is 0 Å². The van der Waals surface area contributed by atoms with E-state index in [-0.39, 0.29) is 15.9 Å². The normalized spacial score (nSPS) is 10.8. The lowest BCUT2D eigenvalue weighted by atomic mass is 10.3. The van der Waals surface area contributed by atoms with E-state index in [1.165, 1.54) is 16.8 Å². The van der Waals surface area contributed by atoms with Crippen LogP contribution in [0.3, 0.4) is 0 Å². The van der Waals surface area contributed by atoms with Crippen molar-refractivity contribution < 1.29 is 9.90 Å². The Hall–Kier alpha value is -1.30. The zero-order valence-electron chi connectivity index (χ0n) is 10.4. The lowest BCUT2D eigenvalue weighted by Gasteiger charge is -2.09. The second-order valence-electron chi connectivity index (χ2n) is 4.04. The third-order valence-corrected chi connectivity index (χ3v) is 3.33. The maximum Gasteiger partial charge on any atom is 0.375 e. The molecule has 0 saturated carbocycles. The largest absolute Gasteiger partial charge is 0.475 e. The SMILES string of the molecule is CCCc1nc(C(=O)O)nn1-c1c(Cl)cc(Cl)cc1Cl. The van der Waals surface area contributed by atoms with Crippen LogP contribution in [0.1, 0.15) is 29.8 Å². The van der Waals surface area contributed by atoms with Gasteiger partial charge in [0.15, 0.2) is 0 Å². The van der Waals surface area contributed by atoms with Crippen LogP contribution >= 0.6 is 34.8 Å². The predicted molar refractivity (Wildman–Crippen MR) is 77.3 cm³/mol. The Balaban J connectivity index is 2.65. The van der Waals surface area contributed by atoms with Gasteiger partial charge in [0.05, 0.1) is 10.0 Å². The minimum absolute atomic E-state index is 0.279. The predicted octanol–water partition coefficient (Wildman–Crippen LogP) is 3.88. The van der Waals surface area contributed by atoms with Crippen molar-refractivity contribution in [3.05, 3.63) is 38.8 Å². The Morgan fingerprint density at radius 2 is 1.90 bits per heavy atom. The average Bonchev–Trinajstić information content (AvgIpc) is 2.72. The van der Waals surface area contributed by atoms with E-state index < -0.39 is 5.97 Å². The number of carbonyl (C=O) groups is 1. The van der Waals surface area contributed by atoms with Crippen molar-refractivity contribution in [3.8, 4) is 5.69 Å². The molecule has 0 atom stereocenters. The number of aromatic nitrogens is 3. The molecule has 0 unspecified atom stereocenters. The van der Waals surface area contributed by atoms with Crippen LogP contribution in [0.15, 0.2) is 12.1 Å². The molecule has 5 nitrogen and oxygen atoms in total. The van der Waals surface area contributed by atoms with Crippen LogP contribution < -0.4 is 0 Å². The Kier molecular flexibility index (Phi) is 4.52. The van der Waals surface area contributed by atoms with Crippen molar-refractivity contribution in [3.63, 3.8) is 0 Å². The van der Waals surface area contributed by atoms with Gasteiger partial charge >= 0.3 is 5.97 Å². The number of carboxylic acids is 1. The van der Waals surface area contributed by atoms with Gasteiger partial charge in [-0.1, -0.05) is 41.7 Å². The maximum absolute atomic E-state index is 11.0. The summed E-state index contributed by atoms with van der Waals surface area (Å²) in [7, 11) is 0. The molecule has 0 aliphatic rings. The Bertz CT molecular complexity index is 647. The number of nitrogens with zero attached hydrogens (tertiary/aromatic N) is 3. The van der Waals surface area contributed by atoms with E-state index in [2.05, 4.69) is 10.1 Å².